The number of carbonyl (C=O) groups is 3. The quantitative estimate of drug-likeness (QED) is 0.256. The summed E-state index contributed by atoms with van der Waals surface area (Å²) in [6.07, 6.45) is 3.11. The first-order valence-corrected chi connectivity index (χ1v) is 13.9. The number of anilines is 1. The highest BCUT2D eigenvalue weighted by Crippen LogP contribution is 2.25. The zero-order valence-corrected chi connectivity index (χ0v) is 24.7. The van der Waals surface area contributed by atoms with Crippen molar-refractivity contribution in [2.45, 2.75) is 45.2 Å². The van der Waals surface area contributed by atoms with E-state index >= 15 is 0 Å². The van der Waals surface area contributed by atoms with Gasteiger partial charge in [-0.1, -0.05) is 25.5 Å². The Morgan fingerprint density at radius 2 is 1.53 bits per heavy atom. The summed E-state index contributed by atoms with van der Waals surface area (Å²) < 4.78 is 34.1. The number of primary amides is 2. The van der Waals surface area contributed by atoms with E-state index in [2.05, 4.69) is 10.2 Å². The molecule has 1 aliphatic rings. The molecule has 0 spiro atoms. The van der Waals surface area contributed by atoms with Gasteiger partial charge < -0.3 is 26.4 Å². The maximum atomic E-state index is 14.4. The van der Waals surface area contributed by atoms with Crippen LogP contribution in [0.4, 0.5) is 19.3 Å². The average Bonchev–Trinajstić information content (AvgIpc) is 2.96. The van der Waals surface area contributed by atoms with Crippen LogP contribution in [0.1, 0.15) is 58.9 Å². The number of carbonyl (C=O) groups excluding carboxylic acids is 3. The normalized spacial score (nSPS) is 13.6. The van der Waals surface area contributed by atoms with E-state index in [4.69, 9.17) is 16.2 Å². The van der Waals surface area contributed by atoms with Crippen LogP contribution in [-0.2, 0) is 6.54 Å². The van der Waals surface area contributed by atoms with Crippen molar-refractivity contribution >= 4 is 35.9 Å². The maximum absolute atomic E-state index is 14.4. The molecule has 0 bridgehead atoms. The summed E-state index contributed by atoms with van der Waals surface area (Å²) in [5.74, 6) is -2.33. The molecule has 3 aromatic carbocycles. The second-order valence-electron chi connectivity index (χ2n) is 10.3. The predicted molar refractivity (Wildman–Crippen MR) is 163 cm³/mol. The molecular weight excluding hydrogens is 580 g/mol. The summed E-state index contributed by atoms with van der Waals surface area (Å²) in [4.78, 5) is 39.9. The molecule has 0 aliphatic carbocycles. The summed E-state index contributed by atoms with van der Waals surface area (Å²) in [6, 6.07) is 15.3. The SMILES string of the molecule is CCCCN(C(=O)Nc1cc(C(N)=O)c(F)cc1F)C1CCN(Cc2ccc(Oc3ccc(C(N)=O)cc3)cc2)CC1.Cl. The van der Waals surface area contributed by atoms with Crippen LogP contribution >= 0.6 is 12.4 Å². The van der Waals surface area contributed by atoms with E-state index in [0.717, 1.165) is 56.9 Å². The maximum Gasteiger partial charge on any atom is 0.322 e. The van der Waals surface area contributed by atoms with Crippen LogP contribution in [0, 0.1) is 11.6 Å². The van der Waals surface area contributed by atoms with Crippen LogP contribution in [0.25, 0.3) is 0 Å². The van der Waals surface area contributed by atoms with E-state index in [1.807, 2.05) is 31.2 Å². The van der Waals surface area contributed by atoms with Gasteiger partial charge in [0, 0.05) is 43.9 Å². The summed E-state index contributed by atoms with van der Waals surface area (Å²) in [6.45, 7) is 4.78. The number of piperidine rings is 1. The number of hydrogen-bond acceptors (Lipinski definition) is 5. The predicted octanol–water partition coefficient (Wildman–Crippen LogP) is 5.68. The Labute approximate surface area is 255 Å². The molecule has 0 aromatic heterocycles. The molecule has 0 saturated carbocycles. The molecule has 0 unspecified atom stereocenters. The Kier molecular flexibility index (Phi) is 11.8. The van der Waals surface area contributed by atoms with Gasteiger partial charge in [0.15, 0.2) is 0 Å². The van der Waals surface area contributed by atoms with E-state index in [1.165, 1.54) is 0 Å². The lowest BCUT2D eigenvalue weighted by Gasteiger charge is -2.38. The molecule has 230 valence electrons. The zero-order valence-electron chi connectivity index (χ0n) is 23.9. The molecule has 0 radical (unpaired) electrons. The first kappa shape index (κ1) is 33.3. The Hall–Kier alpha value is -4.22. The topological polar surface area (TPSA) is 131 Å². The minimum Gasteiger partial charge on any atom is -0.457 e. The van der Waals surface area contributed by atoms with Crippen LogP contribution in [0.3, 0.4) is 0 Å². The minimum absolute atomic E-state index is 0. The van der Waals surface area contributed by atoms with E-state index < -0.39 is 35.0 Å². The molecule has 1 saturated heterocycles. The van der Waals surface area contributed by atoms with Crippen LogP contribution in [0.15, 0.2) is 60.7 Å². The number of nitrogens with one attached hydrogen (secondary N) is 1. The van der Waals surface area contributed by atoms with Crippen molar-refractivity contribution < 1.29 is 27.9 Å². The van der Waals surface area contributed by atoms with Gasteiger partial charge in [0.2, 0.25) is 5.91 Å². The monoisotopic (exact) mass is 615 g/mol. The van der Waals surface area contributed by atoms with Crippen molar-refractivity contribution in [3.63, 3.8) is 0 Å². The third-order valence-electron chi connectivity index (χ3n) is 7.28. The summed E-state index contributed by atoms with van der Waals surface area (Å²) in [5.41, 5.74) is 11.2. The number of halogens is 3. The molecule has 9 nitrogen and oxygen atoms in total. The summed E-state index contributed by atoms with van der Waals surface area (Å²) in [5, 5.41) is 2.51. The van der Waals surface area contributed by atoms with Crippen molar-refractivity contribution in [3.05, 3.63) is 89.0 Å². The fraction of sp³-hybridized carbons (Fsp3) is 0.323. The Bertz CT molecular complexity index is 1410. The van der Waals surface area contributed by atoms with E-state index in [9.17, 15) is 23.2 Å². The highest BCUT2D eigenvalue weighted by molar-refractivity contribution is 5.96. The smallest absolute Gasteiger partial charge is 0.322 e. The largest absolute Gasteiger partial charge is 0.457 e. The Morgan fingerprint density at radius 3 is 2.09 bits per heavy atom. The van der Waals surface area contributed by atoms with Gasteiger partial charge in [-0.05, 0) is 67.3 Å². The number of urea groups is 1. The van der Waals surface area contributed by atoms with Gasteiger partial charge in [-0.15, -0.1) is 12.4 Å². The number of benzene rings is 3. The van der Waals surface area contributed by atoms with Gasteiger partial charge in [0.05, 0.1) is 11.3 Å². The molecule has 1 fully saturated rings. The number of rotatable bonds is 11. The van der Waals surface area contributed by atoms with Crippen LogP contribution in [0.5, 0.6) is 11.5 Å². The van der Waals surface area contributed by atoms with Crippen molar-refractivity contribution in [2.24, 2.45) is 11.5 Å². The number of likely N-dealkylation sites (tertiary alicyclic amines) is 1. The average molecular weight is 616 g/mol. The molecule has 43 heavy (non-hydrogen) atoms. The summed E-state index contributed by atoms with van der Waals surface area (Å²) >= 11 is 0. The molecule has 12 heteroatoms. The second-order valence-corrected chi connectivity index (χ2v) is 10.3. The summed E-state index contributed by atoms with van der Waals surface area (Å²) in [7, 11) is 0. The number of hydrogen-bond donors (Lipinski definition) is 3. The number of ether oxygens (including phenoxy) is 1. The van der Waals surface area contributed by atoms with E-state index in [1.54, 1.807) is 29.2 Å². The molecule has 4 rings (SSSR count). The number of unbranched alkanes of at least 4 members (excludes halogenated alkanes) is 1. The van der Waals surface area contributed by atoms with Crippen molar-refractivity contribution in [1.82, 2.24) is 9.80 Å². The molecule has 3 aromatic rings. The van der Waals surface area contributed by atoms with Crippen LogP contribution in [-0.4, -0.2) is 53.3 Å². The molecule has 0 atom stereocenters. The van der Waals surface area contributed by atoms with E-state index in [0.29, 0.717) is 29.7 Å². The Morgan fingerprint density at radius 1 is 0.930 bits per heavy atom. The highest BCUT2D eigenvalue weighted by atomic mass is 35.5. The van der Waals surface area contributed by atoms with Gasteiger partial charge in [0.1, 0.15) is 23.1 Å². The Balaban J connectivity index is 0.00000506. The standard InChI is InChI=1S/C31H35F2N5O4.ClH/c1-2-3-14-38(31(41)36-28-17-25(30(35)40)26(32)18-27(28)33)22-12-15-37(16-13-22)19-20-4-8-23(9-5-20)42-24-10-6-21(7-11-24)29(34)39;/h4-11,17-18,22H,2-3,12-16,19H2,1H3,(H2,34,39)(H2,35,40)(H,36,41);1H. The van der Waals surface area contributed by atoms with Gasteiger partial charge in [0.25, 0.3) is 5.91 Å². The minimum atomic E-state index is -1.08. The van der Waals surface area contributed by atoms with Crippen LogP contribution < -0.4 is 21.5 Å². The number of nitrogens with zero attached hydrogens (tertiary/aromatic N) is 2. The number of nitrogens with two attached hydrogens (primary N) is 2. The van der Waals surface area contributed by atoms with Crippen molar-refractivity contribution in [2.75, 3.05) is 25.0 Å². The third kappa shape index (κ3) is 8.89. The molecule has 1 heterocycles. The van der Waals surface area contributed by atoms with Crippen molar-refractivity contribution in [3.8, 4) is 11.5 Å². The van der Waals surface area contributed by atoms with Gasteiger partial charge in [-0.2, -0.15) is 0 Å². The first-order chi connectivity index (χ1) is 20.1. The molecule has 4 amide bonds. The van der Waals surface area contributed by atoms with Gasteiger partial charge >= 0.3 is 6.03 Å². The zero-order chi connectivity index (χ0) is 30.2. The lowest BCUT2D eigenvalue weighted by molar-refractivity contribution is 0.0989. The highest BCUT2D eigenvalue weighted by Gasteiger charge is 2.28. The number of amides is 4. The molecule has 5 N–H and O–H groups in total. The van der Waals surface area contributed by atoms with E-state index in [-0.39, 0.29) is 24.1 Å². The molecule has 1 aliphatic heterocycles. The first-order valence-electron chi connectivity index (χ1n) is 13.9. The molecular formula is C31H36ClF2N5O4. The second kappa shape index (κ2) is 15.3. The fourth-order valence-corrected chi connectivity index (χ4v) is 4.93. The van der Waals surface area contributed by atoms with Crippen molar-refractivity contribution in [1.29, 1.82) is 0 Å². The third-order valence-corrected chi connectivity index (χ3v) is 7.28. The lowest BCUT2D eigenvalue weighted by Crippen LogP contribution is -2.49. The van der Waals surface area contributed by atoms with Gasteiger partial charge in [-0.3, -0.25) is 14.5 Å². The van der Waals surface area contributed by atoms with Crippen LogP contribution in [0.2, 0.25) is 0 Å². The fourth-order valence-electron chi connectivity index (χ4n) is 4.93. The van der Waals surface area contributed by atoms with Gasteiger partial charge in [-0.25, -0.2) is 13.6 Å². The lowest BCUT2D eigenvalue weighted by atomic mass is 10.0.